The molecule has 0 bridgehead atoms. The first-order chi connectivity index (χ1) is 31.8. The summed E-state index contributed by atoms with van der Waals surface area (Å²) in [6.07, 6.45) is 37.7. The number of hydrogen-bond donors (Lipinski definition) is 7. The summed E-state index contributed by atoms with van der Waals surface area (Å²) in [6, 6.07) is 0. The zero-order valence-corrected chi connectivity index (χ0v) is 40.2. The molecule has 1 rings (SSSR count). The molecule has 0 radical (unpaired) electrons. The van der Waals surface area contributed by atoms with Crippen molar-refractivity contribution in [3.63, 3.8) is 0 Å². The molecule has 15 heteroatoms. The van der Waals surface area contributed by atoms with E-state index in [2.05, 4.69) is 92.8 Å². The van der Waals surface area contributed by atoms with Crippen LogP contribution in [0, 0.1) is 0 Å². The Labute approximate surface area is 394 Å². The van der Waals surface area contributed by atoms with Gasteiger partial charge < -0.3 is 45.0 Å². The molecular formula is C51H81O14P. The van der Waals surface area contributed by atoms with E-state index in [0.717, 1.165) is 83.5 Å². The number of aliphatic hydroxyl groups excluding tert-OH is 6. The van der Waals surface area contributed by atoms with Gasteiger partial charge in [0.25, 0.3) is 0 Å². The number of unbranched alkanes of at least 4 members (excludes halogenated alkanes) is 4. The third-order valence-electron chi connectivity index (χ3n) is 10.2. The molecule has 1 aliphatic rings. The third kappa shape index (κ3) is 31.4. The fourth-order valence-electron chi connectivity index (χ4n) is 6.38. The quantitative estimate of drug-likeness (QED) is 0.0134. The van der Waals surface area contributed by atoms with Crippen molar-refractivity contribution in [3.8, 4) is 0 Å². The molecule has 0 aromatic rings. The molecule has 0 spiro atoms. The molecule has 9 atom stereocenters. The summed E-state index contributed by atoms with van der Waals surface area (Å²) in [5, 5.41) is 59.9. The standard InChI is InChI=1S/C51H81O14P/c1-3-5-6-7-8-9-10-11-12-13-14-15-16-19-22-25-28-31-34-38-44(53)62-40-43(41-63-66(60,61)65-51-49(58)47(56)46(55)48(57)50(51)59)64-45(54)39-35-32-29-26-23-20-17-18-21-24-27-30-33-37-42(52)36-4-2/h5-6,8-9,11-12,14-15,17,19-22,24,26,29-30,33,42-43,46-52,55-59H,3-4,7,10,13,16,18,23,25,27-28,31-32,34-41H2,1-2H3,(H,60,61)/b6-5-,9-8-,12-11-,15-14-,20-17-,22-19-,24-21-,29-26-,33-30-/t42?,43-,46?,47-,48+,49-,50-,51?/m1/s1. The maximum Gasteiger partial charge on any atom is 0.472 e. The number of phosphoric ester groups is 1. The molecule has 14 nitrogen and oxygen atoms in total. The van der Waals surface area contributed by atoms with Gasteiger partial charge in [-0.05, 0) is 96.3 Å². The molecule has 0 saturated heterocycles. The van der Waals surface area contributed by atoms with Gasteiger partial charge in [-0.2, -0.15) is 0 Å². The fraction of sp³-hybridized carbons (Fsp3) is 0.608. The lowest BCUT2D eigenvalue weighted by atomic mass is 9.85. The van der Waals surface area contributed by atoms with Gasteiger partial charge in [0.2, 0.25) is 0 Å². The van der Waals surface area contributed by atoms with Crippen LogP contribution in [0.1, 0.15) is 136 Å². The molecule has 7 N–H and O–H groups in total. The van der Waals surface area contributed by atoms with Gasteiger partial charge in [0.1, 0.15) is 43.2 Å². The van der Waals surface area contributed by atoms with Gasteiger partial charge in [-0.25, -0.2) is 4.57 Å². The molecule has 0 aliphatic heterocycles. The number of esters is 2. The van der Waals surface area contributed by atoms with Crippen LogP contribution in [0.5, 0.6) is 0 Å². The summed E-state index contributed by atoms with van der Waals surface area (Å²) in [7, 11) is -5.16. The molecule has 1 fully saturated rings. The number of phosphoric acid groups is 1. The van der Waals surface area contributed by atoms with Crippen LogP contribution in [0.3, 0.4) is 0 Å². The van der Waals surface area contributed by atoms with E-state index >= 15 is 0 Å². The summed E-state index contributed by atoms with van der Waals surface area (Å²) < 4.78 is 33.4. The van der Waals surface area contributed by atoms with Crippen LogP contribution in [0.2, 0.25) is 0 Å². The van der Waals surface area contributed by atoms with Crippen molar-refractivity contribution in [2.24, 2.45) is 0 Å². The highest BCUT2D eigenvalue weighted by molar-refractivity contribution is 7.47. The summed E-state index contributed by atoms with van der Waals surface area (Å²) >= 11 is 0. The Morgan fingerprint density at radius 3 is 1.48 bits per heavy atom. The average molecular weight is 949 g/mol. The third-order valence-corrected chi connectivity index (χ3v) is 11.1. The van der Waals surface area contributed by atoms with Gasteiger partial charge in [-0.15, -0.1) is 0 Å². The molecule has 374 valence electrons. The Balaban J connectivity index is 2.53. The minimum absolute atomic E-state index is 0.00876. The molecule has 0 heterocycles. The first-order valence-corrected chi connectivity index (χ1v) is 25.3. The fourth-order valence-corrected chi connectivity index (χ4v) is 7.35. The first-order valence-electron chi connectivity index (χ1n) is 23.8. The zero-order chi connectivity index (χ0) is 48.7. The Morgan fingerprint density at radius 1 is 0.545 bits per heavy atom. The molecule has 0 amide bonds. The highest BCUT2D eigenvalue weighted by atomic mass is 31.2. The lowest BCUT2D eigenvalue weighted by molar-refractivity contribution is -0.220. The zero-order valence-electron chi connectivity index (χ0n) is 39.3. The topological polar surface area (TPSA) is 230 Å². The van der Waals surface area contributed by atoms with Crippen LogP contribution in [-0.2, 0) is 32.7 Å². The van der Waals surface area contributed by atoms with Crippen molar-refractivity contribution in [2.45, 2.75) is 185 Å². The Hall–Kier alpha value is -3.53. The van der Waals surface area contributed by atoms with E-state index in [4.69, 9.17) is 18.5 Å². The van der Waals surface area contributed by atoms with Crippen LogP contribution in [0.15, 0.2) is 109 Å². The van der Waals surface area contributed by atoms with E-state index in [1.807, 2.05) is 30.4 Å². The summed E-state index contributed by atoms with van der Waals surface area (Å²) in [5.74, 6) is -1.24. The normalized spacial score (nSPS) is 22.7. The highest BCUT2D eigenvalue weighted by Crippen LogP contribution is 2.47. The summed E-state index contributed by atoms with van der Waals surface area (Å²) in [6.45, 7) is 2.90. The second kappa shape index (κ2) is 39.5. The van der Waals surface area contributed by atoms with Gasteiger partial charge in [0.15, 0.2) is 6.10 Å². The summed E-state index contributed by atoms with van der Waals surface area (Å²) in [5.41, 5.74) is 0. The predicted molar refractivity (Wildman–Crippen MR) is 259 cm³/mol. The molecule has 1 aliphatic carbocycles. The SMILES string of the molecule is CC/C=C\C/C=C\C/C=C\C/C=C\C/C=C\CCCCCC(=O)OC[C@H](COP(=O)(O)OC1[C@H](O)[C@H](O)C(O)[C@H](O)[C@H]1O)OC(=O)CCC/C=C\C/C=C\C/C=C\C/C=C\CC(O)CCC. The molecule has 4 unspecified atom stereocenters. The van der Waals surface area contributed by atoms with E-state index in [-0.39, 0.29) is 18.9 Å². The van der Waals surface area contributed by atoms with Crippen LogP contribution < -0.4 is 0 Å². The monoisotopic (exact) mass is 949 g/mol. The maximum atomic E-state index is 12.8. The molecular weight excluding hydrogens is 868 g/mol. The average Bonchev–Trinajstić information content (AvgIpc) is 3.29. The van der Waals surface area contributed by atoms with Crippen LogP contribution in [0.4, 0.5) is 0 Å². The Morgan fingerprint density at radius 2 is 0.985 bits per heavy atom. The van der Waals surface area contributed by atoms with E-state index in [1.165, 1.54) is 0 Å². The predicted octanol–water partition coefficient (Wildman–Crippen LogP) is 8.58. The van der Waals surface area contributed by atoms with Gasteiger partial charge in [-0.1, -0.05) is 136 Å². The van der Waals surface area contributed by atoms with E-state index in [9.17, 15) is 49.7 Å². The highest BCUT2D eigenvalue weighted by Gasteiger charge is 2.51. The van der Waals surface area contributed by atoms with Crippen LogP contribution in [0.25, 0.3) is 0 Å². The number of rotatable bonds is 37. The van der Waals surface area contributed by atoms with Crippen LogP contribution >= 0.6 is 7.82 Å². The van der Waals surface area contributed by atoms with E-state index in [0.29, 0.717) is 25.7 Å². The van der Waals surface area contributed by atoms with Gasteiger partial charge >= 0.3 is 19.8 Å². The maximum absolute atomic E-state index is 12.8. The number of aliphatic hydroxyl groups is 6. The number of hydrogen-bond acceptors (Lipinski definition) is 13. The molecule has 0 aromatic carbocycles. The lowest BCUT2D eigenvalue weighted by Gasteiger charge is -2.41. The largest absolute Gasteiger partial charge is 0.472 e. The Bertz CT molecular complexity index is 1580. The minimum atomic E-state index is -5.16. The number of carbonyl (C=O) groups is 2. The summed E-state index contributed by atoms with van der Waals surface area (Å²) in [4.78, 5) is 35.7. The second-order valence-corrected chi connectivity index (χ2v) is 17.5. The lowest BCUT2D eigenvalue weighted by Crippen LogP contribution is -2.64. The van der Waals surface area contributed by atoms with Gasteiger partial charge in [-0.3, -0.25) is 18.6 Å². The number of ether oxygens (including phenoxy) is 2. The smallest absolute Gasteiger partial charge is 0.462 e. The molecule has 66 heavy (non-hydrogen) atoms. The molecule has 0 aromatic heterocycles. The first kappa shape index (κ1) is 60.5. The van der Waals surface area contributed by atoms with Gasteiger partial charge in [0, 0.05) is 12.8 Å². The van der Waals surface area contributed by atoms with Crippen LogP contribution in [-0.4, -0.2) is 110 Å². The van der Waals surface area contributed by atoms with Crippen molar-refractivity contribution in [1.82, 2.24) is 0 Å². The van der Waals surface area contributed by atoms with E-state index in [1.54, 1.807) is 0 Å². The van der Waals surface area contributed by atoms with Crippen molar-refractivity contribution < 1.29 is 68.2 Å². The second-order valence-electron chi connectivity index (χ2n) is 16.1. The van der Waals surface area contributed by atoms with Crippen molar-refractivity contribution in [2.75, 3.05) is 13.2 Å². The van der Waals surface area contributed by atoms with Crippen molar-refractivity contribution >= 4 is 19.8 Å². The Kier molecular flexibility index (Phi) is 36.2. The number of allylic oxidation sites excluding steroid dienone is 17. The molecule has 1 saturated carbocycles. The van der Waals surface area contributed by atoms with E-state index < -0.39 is 75.7 Å². The van der Waals surface area contributed by atoms with Crippen molar-refractivity contribution in [1.29, 1.82) is 0 Å². The minimum Gasteiger partial charge on any atom is -0.462 e. The number of carbonyl (C=O) groups excluding carboxylic acids is 2. The van der Waals surface area contributed by atoms with Gasteiger partial charge in [0.05, 0.1) is 12.7 Å². The van der Waals surface area contributed by atoms with Crippen molar-refractivity contribution in [3.05, 3.63) is 109 Å².